The van der Waals surface area contributed by atoms with E-state index in [1.165, 1.54) is 0 Å². The van der Waals surface area contributed by atoms with Crippen molar-refractivity contribution >= 4 is 6.08 Å². The van der Waals surface area contributed by atoms with Gasteiger partial charge in [-0.2, -0.15) is 0 Å². The molecule has 1 unspecified atom stereocenters. The van der Waals surface area contributed by atoms with Crippen molar-refractivity contribution < 1.29 is 14.2 Å². The van der Waals surface area contributed by atoms with Crippen molar-refractivity contribution in [2.24, 2.45) is 0 Å². The van der Waals surface area contributed by atoms with Gasteiger partial charge in [0.05, 0.1) is 21.3 Å². The predicted octanol–water partition coefficient (Wildman–Crippen LogP) is 2.72. The molecule has 0 bridgehead atoms. The number of methoxy groups -OCH3 is 3. The summed E-state index contributed by atoms with van der Waals surface area (Å²) in [6.45, 7) is 5.14. The quantitative estimate of drug-likeness (QED) is 0.823. The Kier molecular flexibility index (Phi) is 6.22. The van der Waals surface area contributed by atoms with Crippen LogP contribution in [-0.2, 0) is 0 Å². The first kappa shape index (κ1) is 15.4. The summed E-state index contributed by atoms with van der Waals surface area (Å²) in [5, 5.41) is 3.32. The number of likely N-dealkylation sites (N-methyl/N-ethyl adjacent to an activating group) is 1. The van der Waals surface area contributed by atoms with Crippen LogP contribution in [-0.4, -0.2) is 33.9 Å². The van der Waals surface area contributed by atoms with Crippen LogP contribution in [0.3, 0.4) is 0 Å². The first-order valence-corrected chi connectivity index (χ1v) is 6.37. The fraction of sp³-hybridized carbons (Fsp3) is 0.467. The summed E-state index contributed by atoms with van der Waals surface area (Å²) in [5.41, 5.74) is 1.01. The van der Waals surface area contributed by atoms with E-state index in [-0.39, 0.29) is 0 Å². The van der Waals surface area contributed by atoms with E-state index < -0.39 is 0 Å². The molecule has 1 N–H and O–H groups in total. The molecule has 0 saturated carbocycles. The second-order valence-electron chi connectivity index (χ2n) is 4.16. The maximum absolute atomic E-state index is 5.32. The Labute approximate surface area is 115 Å². The molecule has 0 aliphatic rings. The van der Waals surface area contributed by atoms with E-state index in [2.05, 4.69) is 25.2 Å². The lowest BCUT2D eigenvalue weighted by atomic mass is 10.1. The largest absolute Gasteiger partial charge is 0.493 e. The highest BCUT2D eigenvalue weighted by atomic mass is 16.5. The molecule has 4 nitrogen and oxygen atoms in total. The summed E-state index contributed by atoms with van der Waals surface area (Å²) in [6, 6.07) is 4.18. The number of benzene rings is 1. The van der Waals surface area contributed by atoms with E-state index in [9.17, 15) is 0 Å². The molecule has 0 heterocycles. The van der Waals surface area contributed by atoms with Gasteiger partial charge in [0.2, 0.25) is 5.75 Å². The van der Waals surface area contributed by atoms with Crippen LogP contribution < -0.4 is 19.5 Å². The molecule has 0 spiro atoms. The molecule has 1 atom stereocenters. The molecule has 106 valence electrons. The van der Waals surface area contributed by atoms with Crippen LogP contribution >= 0.6 is 0 Å². The minimum Gasteiger partial charge on any atom is -0.493 e. The lowest BCUT2D eigenvalue weighted by Crippen LogP contribution is -2.22. The van der Waals surface area contributed by atoms with Gasteiger partial charge in [-0.25, -0.2) is 0 Å². The molecule has 0 saturated heterocycles. The highest BCUT2D eigenvalue weighted by molar-refractivity contribution is 5.62. The minimum atomic E-state index is 0.323. The van der Waals surface area contributed by atoms with Crippen molar-refractivity contribution in [3.05, 3.63) is 23.8 Å². The summed E-state index contributed by atoms with van der Waals surface area (Å²) in [4.78, 5) is 0. The van der Waals surface area contributed by atoms with E-state index in [0.29, 0.717) is 23.3 Å². The standard InChI is InChI=1S/C15H23NO3/c1-6-16-11(2)7-8-12-9-13(17-3)15(19-5)14(10-12)18-4/h7-11,16H,6H2,1-5H3/b8-7+. The van der Waals surface area contributed by atoms with Gasteiger partial charge >= 0.3 is 0 Å². The van der Waals surface area contributed by atoms with Crippen molar-refractivity contribution in [3.8, 4) is 17.2 Å². The predicted molar refractivity (Wildman–Crippen MR) is 78.3 cm³/mol. The fourth-order valence-corrected chi connectivity index (χ4v) is 1.84. The van der Waals surface area contributed by atoms with Crippen LogP contribution in [0, 0.1) is 0 Å². The highest BCUT2D eigenvalue weighted by Crippen LogP contribution is 2.38. The van der Waals surface area contributed by atoms with E-state index in [1.54, 1.807) is 21.3 Å². The molecule has 0 amide bonds. The van der Waals surface area contributed by atoms with Crippen molar-refractivity contribution in [3.63, 3.8) is 0 Å². The van der Waals surface area contributed by atoms with E-state index in [0.717, 1.165) is 12.1 Å². The molecule has 1 aromatic carbocycles. The molecule has 1 rings (SSSR count). The van der Waals surface area contributed by atoms with Crippen LogP contribution in [0.15, 0.2) is 18.2 Å². The first-order chi connectivity index (χ1) is 9.15. The maximum atomic E-state index is 5.32. The molecule has 0 aromatic heterocycles. The maximum Gasteiger partial charge on any atom is 0.203 e. The second kappa shape index (κ2) is 7.69. The Bertz CT molecular complexity index is 404. The Morgan fingerprint density at radius 2 is 1.68 bits per heavy atom. The monoisotopic (exact) mass is 265 g/mol. The topological polar surface area (TPSA) is 39.7 Å². The summed E-state index contributed by atoms with van der Waals surface area (Å²) in [7, 11) is 4.83. The van der Waals surface area contributed by atoms with Crippen molar-refractivity contribution in [1.29, 1.82) is 0 Å². The van der Waals surface area contributed by atoms with Crippen molar-refractivity contribution in [1.82, 2.24) is 5.32 Å². The van der Waals surface area contributed by atoms with Gasteiger partial charge in [-0.15, -0.1) is 0 Å². The summed E-state index contributed by atoms with van der Waals surface area (Å²) in [6.07, 6.45) is 4.14. The lowest BCUT2D eigenvalue weighted by Gasteiger charge is -2.13. The van der Waals surface area contributed by atoms with Gasteiger partial charge in [-0.3, -0.25) is 0 Å². The van der Waals surface area contributed by atoms with Gasteiger partial charge in [-0.05, 0) is 31.2 Å². The number of rotatable bonds is 7. The van der Waals surface area contributed by atoms with Gasteiger partial charge in [0.25, 0.3) is 0 Å². The summed E-state index contributed by atoms with van der Waals surface area (Å²) >= 11 is 0. The van der Waals surface area contributed by atoms with E-state index >= 15 is 0 Å². The first-order valence-electron chi connectivity index (χ1n) is 6.37. The molecule has 1 aromatic rings. The third-order valence-corrected chi connectivity index (χ3v) is 2.79. The van der Waals surface area contributed by atoms with Gasteiger partial charge < -0.3 is 19.5 Å². The Morgan fingerprint density at radius 1 is 1.11 bits per heavy atom. The van der Waals surface area contributed by atoms with Gasteiger partial charge in [-0.1, -0.05) is 19.1 Å². The summed E-state index contributed by atoms with van der Waals surface area (Å²) < 4.78 is 15.9. The van der Waals surface area contributed by atoms with Crippen molar-refractivity contribution in [2.75, 3.05) is 27.9 Å². The third-order valence-electron chi connectivity index (χ3n) is 2.79. The van der Waals surface area contributed by atoms with Crippen LogP contribution in [0.2, 0.25) is 0 Å². The molecular weight excluding hydrogens is 242 g/mol. The highest BCUT2D eigenvalue weighted by Gasteiger charge is 2.11. The number of hydrogen-bond acceptors (Lipinski definition) is 4. The van der Waals surface area contributed by atoms with Crippen LogP contribution in [0.4, 0.5) is 0 Å². The molecule has 0 aliphatic carbocycles. The van der Waals surface area contributed by atoms with Gasteiger partial charge in [0.1, 0.15) is 0 Å². The average molecular weight is 265 g/mol. The molecule has 19 heavy (non-hydrogen) atoms. The number of ether oxygens (including phenoxy) is 3. The van der Waals surface area contributed by atoms with Gasteiger partial charge in [0, 0.05) is 6.04 Å². The molecule has 0 aliphatic heterocycles. The Morgan fingerprint density at radius 3 is 2.11 bits per heavy atom. The van der Waals surface area contributed by atoms with Crippen molar-refractivity contribution in [2.45, 2.75) is 19.9 Å². The van der Waals surface area contributed by atoms with E-state index in [4.69, 9.17) is 14.2 Å². The normalized spacial score (nSPS) is 12.5. The molecule has 4 heteroatoms. The summed E-state index contributed by atoms with van der Waals surface area (Å²) in [5.74, 6) is 1.94. The van der Waals surface area contributed by atoms with Crippen LogP contribution in [0.25, 0.3) is 6.08 Å². The Balaban J connectivity index is 3.02. The molecule has 0 radical (unpaired) electrons. The lowest BCUT2D eigenvalue weighted by molar-refractivity contribution is 0.324. The SMILES string of the molecule is CCNC(C)/C=C/c1cc(OC)c(OC)c(OC)c1. The Hall–Kier alpha value is -1.68. The van der Waals surface area contributed by atoms with Crippen LogP contribution in [0.1, 0.15) is 19.4 Å². The molecular formula is C15H23NO3. The van der Waals surface area contributed by atoms with E-state index in [1.807, 2.05) is 18.2 Å². The fourth-order valence-electron chi connectivity index (χ4n) is 1.84. The number of hydrogen-bond donors (Lipinski definition) is 1. The van der Waals surface area contributed by atoms with Gasteiger partial charge in [0.15, 0.2) is 11.5 Å². The van der Waals surface area contributed by atoms with Crippen LogP contribution in [0.5, 0.6) is 17.2 Å². The average Bonchev–Trinajstić information content (AvgIpc) is 2.44. The number of nitrogens with one attached hydrogen (secondary N) is 1. The minimum absolute atomic E-state index is 0.323. The molecule has 0 fully saturated rings. The zero-order valence-electron chi connectivity index (χ0n) is 12.3. The smallest absolute Gasteiger partial charge is 0.203 e. The second-order valence-corrected chi connectivity index (χ2v) is 4.16. The third kappa shape index (κ3) is 4.17. The zero-order chi connectivity index (χ0) is 14.3. The zero-order valence-corrected chi connectivity index (χ0v) is 12.3.